The molecule has 1 N–H and O–H groups in total. The first-order valence-corrected chi connectivity index (χ1v) is 5.43. The molecule has 0 spiro atoms. The van der Waals surface area contributed by atoms with Crippen LogP contribution in [-0.4, -0.2) is 31.8 Å². The fraction of sp³-hybridized carbons (Fsp3) is 0.538. The molecule has 0 radical (unpaired) electrons. The lowest BCUT2D eigenvalue weighted by molar-refractivity contribution is -0.142. The van der Waals surface area contributed by atoms with E-state index < -0.39 is 12.1 Å². The van der Waals surface area contributed by atoms with Gasteiger partial charge in [0.2, 0.25) is 0 Å². The van der Waals surface area contributed by atoms with Gasteiger partial charge in [-0.3, -0.25) is 4.79 Å². The maximum absolute atomic E-state index is 10.9. The minimum absolute atomic E-state index is 0.136. The maximum Gasteiger partial charge on any atom is 0.407 e. The predicted octanol–water partition coefficient (Wildman–Crippen LogP) is 1.57. The highest BCUT2D eigenvalue weighted by Crippen LogP contribution is 1.88. The highest BCUT2D eigenvalue weighted by Gasteiger charge is 2.05. The molecule has 0 aromatic rings. The van der Waals surface area contributed by atoms with Crippen molar-refractivity contribution in [1.82, 2.24) is 5.32 Å². The van der Waals surface area contributed by atoms with Gasteiger partial charge in [0, 0.05) is 0 Å². The van der Waals surface area contributed by atoms with Crippen LogP contribution in [0.25, 0.3) is 0 Å². The van der Waals surface area contributed by atoms with Crippen LogP contribution >= 0.6 is 0 Å². The van der Waals surface area contributed by atoms with Crippen molar-refractivity contribution in [2.75, 3.05) is 19.8 Å². The lowest BCUT2D eigenvalue weighted by Gasteiger charge is -2.05. The van der Waals surface area contributed by atoms with Crippen molar-refractivity contribution in [2.45, 2.75) is 26.7 Å². The minimum atomic E-state index is -0.597. The van der Waals surface area contributed by atoms with Crippen LogP contribution in [0.3, 0.4) is 0 Å². The summed E-state index contributed by atoms with van der Waals surface area (Å²) in [7, 11) is 0. The second-order valence-corrected chi connectivity index (χ2v) is 2.65. The van der Waals surface area contributed by atoms with Gasteiger partial charge in [0.25, 0.3) is 0 Å². The number of carbonyl (C=O) groups excluding carboxylic acids is 2. The zero-order valence-electron chi connectivity index (χ0n) is 11.0. The summed E-state index contributed by atoms with van der Waals surface area (Å²) in [6, 6.07) is 0. The number of alkyl carbamates (subject to hydrolysis) is 1. The summed E-state index contributed by atoms with van der Waals surface area (Å²) in [5, 5.41) is 2.27. The highest BCUT2D eigenvalue weighted by atomic mass is 16.6. The number of unbranched alkanes of at least 4 members (excludes halogenated alkanes) is 1. The van der Waals surface area contributed by atoms with Crippen LogP contribution in [0, 0.1) is 25.7 Å². The molecule has 5 nitrogen and oxygen atoms in total. The Labute approximate surface area is 109 Å². The number of ether oxygens (including phenoxy) is 2. The van der Waals surface area contributed by atoms with E-state index in [4.69, 9.17) is 4.74 Å². The van der Waals surface area contributed by atoms with E-state index in [1.165, 1.54) is 0 Å². The second kappa shape index (κ2) is 20.3. The summed E-state index contributed by atoms with van der Waals surface area (Å²) in [6.45, 7) is 4.25. The van der Waals surface area contributed by atoms with Crippen molar-refractivity contribution in [3.8, 4) is 25.7 Å². The molecule has 0 aliphatic carbocycles. The Kier molecular flexibility index (Phi) is 23.9. The van der Waals surface area contributed by atoms with E-state index in [0.717, 1.165) is 12.8 Å². The van der Waals surface area contributed by atoms with Crippen molar-refractivity contribution in [3.63, 3.8) is 0 Å². The minimum Gasteiger partial charge on any atom is -0.464 e. The Morgan fingerprint density at radius 2 is 1.61 bits per heavy atom. The summed E-state index contributed by atoms with van der Waals surface area (Å²) in [5.41, 5.74) is 0. The quantitative estimate of drug-likeness (QED) is 0.444. The Hall–Kier alpha value is -2.14. The number of carbonyl (C=O) groups is 2. The van der Waals surface area contributed by atoms with Crippen molar-refractivity contribution in [1.29, 1.82) is 0 Å². The second-order valence-electron chi connectivity index (χ2n) is 2.65. The van der Waals surface area contributed by atoms with Crippen LogP contribution in [0.2, 0.25) is 0 Å². The van der Waals surface area contributed by atoms with Crippen LogP contribution in [0.4, 0.5) is 4.79 Å². The molecule has 0 saturated heterocycles. The van der Waals surface area contributed by atoms with Crippen LogP contribution in [-0.2, 0) is 14.3 Å². The Bertz CT molecular complexity index is 240. The lowest BCUT2D eigenvalue weighted by Crippen LogP contribution is -2.31. The molecule has 0 fully saturated rings. The first-order valence-electron chi connectivity index (χ1n) is 5.43. The number of rotatable bonds is 6. The fourth-order valence-electron chi connectivity index (χ4n) is 0.708. The Morgan fingerprint density at radius 1 is 1.06 bits per heavy atom. The highest BCUT2D eigenvalue weighted by molar-refractivity contribution is 5.77. The molecule has 0 unspecified atom stereocenters. The largest absolute Gasteiger partial charge is 0.464 e. The first kappa shape index (κ1) is 21.2. The molecule has 0 saturated carbocycles. The number of hydrogen-bond acceptors (Lipinski definition) is 4. The van der Waals surface area contributed by atoms with Crippen molar-refractivity contribution < 1.29 is 19.1 Å². The van der Waals surface area contributed by atoms with Gasteiger partial charge in [0.1, 0.15) is 6.54 Å². The molecule has 0 rings (SSSR count). The average molecular weight is 255 g/mol. The fourth-order valence-corrected chi connectivity index (χ4v) is 0.708. The molecule has 102 valence electrons. The summed E-state index contributed by atoms with van der Waals surface area (Å²) in [6.07, 6.45) is 17.2. The molecule has 0 atom stereocenters. The normalized spacial score (nSPS) is 7.44. The Balaban J connectivity index is -0.000000506. The first-order chi connectivity index (χ1) is 8.70. The van der Waals surface area contributed by atoms with Crippen LogP contribution in [0.5, 0.6) is 0 Å². The molecule has 5 heteroatoms. The Morgan fingerprint density at radius 3 is 2.06 bits per heavy atom. The number of nitrogens with one attached hydrogen (secondary N) is 1. The number of esters is 1. The smallest absolute Gasteiger partial charge is 0.407 e. The zero-order chi connectivity index (χ0) is 14.8. The SMILES string of the molecule is C#C.C#C.CCCCOC(=O)CNC(=O)OCC. The topological polar surface area (TPSA) is 64.6 Å². The van der Waals surface area contributed by atoms with E-state index >= 15 is 0 Å². The molecular weight excluding hydrogens is 234 g/mol. The molecule has 0 aromatic heterocycles. The summed E-state index contributed by atoms with van der Waals surface area (Å²) in [4.78, 5) is 21.7. The number of terminal acetylenes is 2. The molecule has 18 heavy (non-hydrogen) atoms. The van der Waals surface area contributed by atoms with Crippen molar-refractivity contribution >= 4 is 12.1 Å². The van der Waals surface area contributed by atoms with Crippen molar-refractivity contribution in [3.05, 3.63) is 0 Å². The van der Waals surface area contributed by atoms with Gasteiger partial charge in [-0.15, -0.1) is 25.7 Å². The van der Waals surface area contributed by atoms with Gasteiger partial charge in [-0.05, 0) is 13.3 Å². The zero-order valence-corrected chi connectivity index (χ0v) is 11.0. The molecule has 0 aliphatic heterocycles. The van der Waals surface area contributed by atoms with Gasteiger partial charge in [0.15, 0.2) is 0 Å². The molecular formula is C13H21NO4. The van der Waals surface area contributed by atoms with E-state index in [9.17, 15) is 9.59 Å². The van der Waals surface area contributed by atoms with E-state index in [2.05, 4.69) is 35.7 Å². The van der Waals surface area contributed by atoms with Crippen LogP contribution < -0.4 is 5.32 Å². The third-order valence-corrected chi connectivity index (χ3v) is 1.41. The summed E-state index contributed by atoms with van der Waals surface area (Å²) < 4.78 is 9.36. The summed E-state index contributed by atoms with van der Waals surface area (Å²) in [5.74, 6) is -0.438. The van der Waals surface area contributed by atoms with E-state index in [-0.39, 0.29) is 13.2 Å². The van der Waals surface area contributed by atoms with E-state index in [0.29, 0.717) is 6.61 Å². The molecule has 1 amide bonds. The summed E-state index contributed by atoms with van der Waals surface area (Å²) >= 11 is 0. The molecule has 0 aromatic carbocycles. The van der Waals surface area contributed by atoms with Crippen LogP contribution in [0.15, 0.2) is 0 Å². The van der Waals surface area contributed by atoms with Gasteiger partial charge in [-0.1, -0.05) is 13.3 Å². The molecule has 0 aliphatic rings. The third-order valence-electron chi connectivity index (χ3n) is 1.41. The monoisotopic (exact) mass is 255 g/mol. The third kappa shape index (κ3) is 19.4. The van der Waals surface area contributed by atoms with Gasteiger partial charge in [-0.25, -0.2) is 4.79 Å². The standard InChI is InChI=1S/C9H17NO4.2C2H2/c1-3-5-6-14-8(11)7-10-9(12)13-4-2;2*1-2/h3-7H2,1-2H3,(H,10,12);2*1-2H. The lowest BCUT2D eigenvalue weighted by atomic mass is 10.4. The number of hydrogen-bond donors (Lipinski definition) is 1. The maximum atomic E-state index is 10.9. The van der Waals surface area contributed by atoms with Gasteiger partial charge in [-0.2, -0.15) is 0 Å². The van der Waals surface area contributed by atoms with Crippen LogP contribution in [0.1, 0.15) is 26.7 Å². The average Bonchev–Trinajstić information content (AvgIpc) is 2.42. The van der Waals surface area contributed by atoms with Gasteiger partial charge < -0.3 is 14.8 Å². The number of amides is 1. The van der Waals surface area contributed by atoms with E-state index in [1.54, 1.807) is 6.92 Å². The van der Waals surface area contributed by atoms with Gasteiger partial charge >= 0.3 is 12.1 Å². The van der Waals surface area contributed by atoms with Gasteiger partial charge in [0.05, 0.1) is 13.2 Å². The molecule has 0 bridgehead atoms. The van der Waals surface area contributed by atoms with E-state index in [1.807, 2.05) is 6.92 Å². The molecule has 0 heterocycles. The van der Waals surface area contributed by atoms with Crippen molar-refractivity contribution in [2.24, 2.45) is 0 Å². The predicted molar refractivity (Wildman–Crippen MR) is 70.7 cm³/mol.